The summed E-state index contributed by atoms with van der Waals surface area (Å²) in [6.07, 6.45) is 2.09. The average molecular weight is 335 g/mol. The van der Waals surface area contributed by atoms with Crippen molar-refractivity contribution in [3.8, 4) is 6.07 Å². The van der Waals surface area contributed by atoms with Crippen LogP contribution >= 0.6 is 0 Å². The number of nitrogens with zero attached hydrogens (tertiary/aromatic N) is 2. The number of hydrogen-bond donors (Lipinski definition) is 1. The Labute approximate surface area is 150 Å². The first-order valence-corrected chi connectivity index (χ1v) is 8.78. The lowest BCUT2D eigenvalue weighted by Gasteiger charge is -2.23. The van der Waals surface area contributed by atoms with Gasteiger partial charge >= 0.3 is 0 Å². The fourth-order valence-corrected chi connectivity index (χ4v) is 2.70. The van der Waals surface area contributed by atoms with Crippen LogP contribution in [-0.4, -0.2) is 25.5 Å². The van der Waals surface area contributed by atoms with Gasteiger partial charge in [-0.3, -0.25) is 4.79 Å². The first kappa shape index (κ1) is 18.5. The van der Waals surface area contributed by atoms with E-state index in [-0.39, 0.29) is 5.91 Å². The molecule has 0 aliphatic heterocycles. The van der Waals surface area contributed by atoms with Crippen LogP contribution in [0.25, 0.3) is 0 Å². The molecule has 0 spiro atoms. The smallest absolute Gasteiger partial charge is 0.220 e. The number of carbonyl (C=O) groups excluding carboxylic acids is 1. The Kier molecular flexibility index (Phi) is 7.52. The summed E-state index contributed by atoms with van der Waals surface area (Å²) in [6.45, 7) is 4.71. The van der Waals surface area contributed by atoms with E-state index in [2.05, 4.69) is 35.3 Å². The normalized spacial score (nSPS) is 10.1. The molecule has 0 saturated heterocycles. The molecule has 2 rings (SSSR count). The van der Waals surface area contributed by atoms with Gasteiger partial charge in [-0.25, -0.2) is 0 Å². The largest absolute Gasteiger partial charge is 0.372 e. The molecule has 1 amide bonds. The first-order valence-electron chi connectivity index (χ1n) is 8.78. The highest BCUT2D eigenvalue weighted by molar-refractivity contribution is 5.76. The molecule has 1 N–H and O–H groups in total. The topological polar surface area (TPSA) is 56.1 Å². The van der Waals surface area contributed by atoms with E-state index >= 15 is 0 Å². The van der Waals surface area contributed by atoms with Gasteiger partial charge in [-0.15, -0.1) is 0 Å². The number of rotatable bonds is 9. The van der Waals surface area contributed by atoms with Gasteiger partial charge < -0.3 is 10.2 Å². The lowest BCUT2D eigenvalue weighted by atomic mass is 10.1. The highest BCUT2D eigenvalue weighted by atomic mass is 16.1. The minimum atomic E-state index is 0.0760. The molecular formula is C21H25N3O. The van der Waals surface area contributed by atoms with Crippen molar-refractivity contribution in [1.82, 2.24) is 5.32 Å². The van der Waals surface area contributed by atoms with E-state index in [1.165, 1.54) is 5.69 Å². The molecule has 0 aliphatic carbocycles. The van der Waals surface area contributed by atoms with Crippen molar-refractivity contribution in [2.24, 2.45) is 0 Å². The molecule has 0 bridgehead atoms. The lowest BCUT2D eigenvalue weighted by molar-refractivity contribution is -0.121. The molecule has 130 valence electrons. The molecule has 0 aromatic heterocycles. The van der Waals surface area contributed by atoms with Crippen molar-refractivity contribution in [3.63, 3.8) is 0 Å². The van der Waals surface area contributed by atoms with Crippen LogP contribution in [0.1, 0.15) is 30.9 Å². The van der Waals surface area contributed by atoms with E-state index in [1.807, 2.05) is 30.3 Å². The van der Waals surface area contributed by atoms with Crippen molar-refractivity contribution in [2.45, 2.75) is 26.2 Å². The molecule has 0 saturated carbocycles. The van der Waals surface area contributed by atoms with Crippen LogP contribution in [0.3, 0.4) is 0 Å². The van der Waals surface area contributed by atoms with Gasteiger partial charge in [0, 0.05) is 31.7 Å². The quantitative estimate of drug-likeness (QED) is 0.713. The minimum Gasteiger partial charge on any atom is -0.372 e. The molecule has 4 heteroatoms. The van der Waals surface area contributed by atoms with Crippen LogP contribution in [0.5, 0.6) is 0 Å². The van der Waals surface area contributed by atoms with Crippen LogP contribution in [0, 0.1) is 11.3 Å². The predicted octanol–water partition coefficient (Wildman–Crippen LogP) is 3.52. The van der Waals surface area contributed by atoms with Gasteiger partial charge in [0.25, 0.3) is 0 Å². The Bertz CT molecular complexity index is 689. The second-order valence-electron chi connectivity index (χ2n) is 5.93. The van der Waals surface area contributed by atoms with E-state index in [0.29, 0.717) is 24.9 Å². The van der Waals surface area contributed by atoms with Crippen LogP contribution in [0.4, 0.5) is 5.69 Å². The molecule has 2 aromatic carbocycles. The number of amides is 1. The SMILES string of the molecule is CCN(CCCNC(=O)CCc1ccc(C#N)cc1)c1ccccc1. The zero-order chi connectivity index (χ0) is 17.9. The summed E-state index contributed by atoms with van der Waals surface area (Å²) in [6, 6.07) is 19.8. The molecule has 0 fully saturated rings. The van der Waals surface area contributed by atoms with Crippen molar-refractivity contribution in [1.29, 1.82) is 5.26 Å². The maximum absolute atomic E-state index is 11.9. The van der Waals surface area contributed by atoms with Gasteiger partial charge in [-0.2, -0.15) is 5.26 Å². The Morgan fingerprint density at radius 1 is 1.12 bits per heavy atom. The van der Waals surface area contributed by atoms with Gasteiger partial charge in [0.1, 0.15) is 0 Å². The molecule has 0 unspecified atom stereocenters. The van der Waals surface area contributed by atoms with Crippen molar-refractivity contribution in [2.75, 3.05) is 24.5 Å². The minimum absolute atomic E-state index is 0.0760. The fraction of sp³-hybridized carbons (Fsp3) is 0.333. The van der Waals surface area contributed by atoms with Gasteiger partial charge in [0.15, 0.2) is 0 Å². The van der Waals surface area contributed by atoms with E-state index in [9.17, 15) is 4.79 Å². The molecule has 4 nitrogen and oxygen atoms in total. The van der Waals surface area contributed by atoms with Crippen LogP contribution in [-0.2, 0) is 11.2 Å². The fourth-order valence-electron chi connectivity index (χ4n) is 2.70. The zero-order valence-corrected chi connectivity index (χ0v) is 14.7. The second kappa shape index (κ2) is 10.1. The second-order valence-corrected chi connectivity index (χ2v) is 5.93. The summed E-state index contributed by atoms with van der Waals surface area (Å²) in [5.41, 5.74) is 2.94. The van der Waals surface area contributed by atoms with Crippen molar-refractivity contribution >= 4 is 11.6 Å². The molecule has 0 aliphatic rings. The number of carbonyl (C=O) groups is 1. The molecule has 2 aromatic rings. The summed E-state index contributed by atoms with van der Waals surface area (Å²) in [5.74, 6) is 0.0760. The van der Waals surface area contributed by atoms with Crippen LogP contribution < -0.4 is 10.2 Å². The van der Waals surface area contributed by atoms with Crippen molar-refractivity contribution < 1.29 is 4.79 Å². The number of aryl methyl sites for hydroxylation is 1. The van der Waals surface area contributed by atoms with E-state index < -0.39 is 0 Å². The summed E-state index contributed by atoms with van der Waals surface area (Å²) < 4.78 is 0. The number of hydrogen-bond acceptors (Lipinski definition) is 3. The standard InChI is InChI=1S/C21H25N3O/c1-2-24(20-7-4-3-5-8-20)16-6-15-23-21(25)14-13-18-9-11-19(17-22)12-10-18/h3-5,7-12H,2,6,13-16H2,1H3,(H,23,25). The number of nitrogens with one attached hydrogen (secondary N) is 1. The van der Waals surface area contributed by atoms with Gasteiger partial charge in [0.2, 0.25) is 5.91 Å². The molecule has 0 radical (unpaired) electrons. The van der Waals surface area contributed by atoms with Gasteiger partial charge in [-0.1, -0.05) is 30.3 Å². The molecule has 0 atom stereocenters. The Hall–Kier alpha value is -2.80. The summed E-state index contributed by atoms with van der Waals surface area (Å²) >= 11 is 0. The number of para-hydroxylation sites is 1. The third kappa shape index (κ3) is 6.31. The van der Waals surface area contributed by atoms with Crippen LogP contribution in [0.15, 0.2) is 54.6 Å². The molecule has 25 heavy (non-hydrogen) atoms. The highest BCUT2D eigenvalue weighted by Crippen LogP contribution is 2.12. The van der Waals surface area contributed by atoms with Crippen LogP contribution in [0.2, 0.25) is 0 Å². The third-order valence-electron chi connectivity index (χ3n) is 4.15. The Morgan fingerprint density at radius 3 is 2.48 bits per heavy atom. The zero-order valence-electron chi connectivity index (χ0n) is 14.7. The van der Waals surface area contributed by atoms with Gasteiger partial charge in [-0.05, 0) is 49.6 Å². The van der Waals surface area contributed by atoms with E-state index in [1.54, 1.807) is 12.1 Å². The summed E-state index contributed by atoms with van der Waals surface area (Å²) in [5, 5.41) is 11.8. The van der Waals surface area contributed by atoms with E-state index in [0.717, 1.165) is 25.1 Å². The molecule has 0 heterocycles. The summed E-state index contributed by atoms with van der Waals surface area (Å²) in [4.78, 5) is 14.3. The predicted molar refractivity (Wildman–Crippen MR) is 101 cm³/mol. The number of anilines is 1. The number of benzene rings is 2. The monoisotopic (exact) mass is 335 g/mol. The average Bonchev–Trinajstić information content (AvgIpc) is 2.67. The maximum atomic E-state index is 11.9. The Balaban J connectivity index is 1.65. The maximum Gasteiger partial charge on any atom is 0.220 e. The van der Waals surface area contributed by atoms with Gasteiger partial charge in [0.05, 0.1) is 11.6 Å². The highest BCUT2D eigenvalue weighted by Gasteiger charge is 2.05. The number of nitriles is 1. The molecular weight excluding hydrogens is 310 g/mol. The lowest BCUT2D eigenvalue weighted by Crippen LogP contribution is -2.30. The Morgan fingerprint density at radius 2 is 1.84 bits per heavy atom. The first-order chi connectivity index (χ1) is 12.2. The summed E-state index contributed by atoms with van der Waals surface area (Å²) in [7, 11) is 0. The van der Waals surface area contributed by atoms with E-state index in [4.69, 9.17) is 5.26 Å². The third-order valence-corrected chi connectivity index (χ3v) is 4.15. The van der Waals surface area contributed by atoms with Crippen molar-refractivity contribution in [3.05, 3.63) is 65.7 Å².